The number of benzene rings is 2. The maximum absolute atomic E-state index is 12.7. The molecule has 0 aliphatic carbocycles. The Hall–Kier alpha value is -1.45. The maximum atomic E-state index is 12.7. The molecule has 0 aliphatic heterocycles. The van der Waals surface area contributed by atoms with Crippen LogP contribution in [0.4, 0.5) is 0 Å². The minimum Gasteiger partial charge on any atom is -0.505 e. The number of phenolic OH excluding ortho intramolecular Hbond substituents is 1. The van der Waals surface area contributed by atoms with Gasteiger partial charge in [-0.3, -0.25) is 4.79 Å². The SMILES string of the molecule is CCOC(=O)C(CSCc1ccccc1)NS(=O)(=O)c1cc(Cl)cc(Cl)c1O. The van der Waals surface area contributed by atoms with Crippen molar-refractivity contribution in [1.29, 1.82) is 0 Å². The Kier molecular flexibility index (Phi) is 8.45. The van der Waals surface area contributed by atoms with Crippen LogP contribution in [0, 0.1) is 0 Å². The standard InChI is InChI=1S/C18H19Cl2NO5S2/c1-2-26-18(23)15(11-27-10-12-6-4-3-5-7-12)21-28(24,25)16-9-13(19)8-14(20)17(16)22/h3-9,15,21-22H,2,10-11H2,1H3. The van der Waals surface area contributed by atoms with E-state index in [0.29, 0.717) is 5.75 Å². The van der Waals surface area contributed by atoms with Gasteiger partial charge >= 0.3 is 5.97 Å². The van der Waals surface area contributed by atoms with Crippen LogP contribution in [0.15, 0.2) is 47.4 Å². The van der Waals surface area contributed by atoms with Gasteiger partial charge in [0.25, 0.3) is 0 Å². The van der Waals surface area contributed by atoms with Gasteiger partial charge in [-0.2, -0.15) is 16.5 Å². The van der Waals surface area contributed by atoms with Crippen molar-refractivity contribution in [2.45, 2.75) is 23.6 Å². The van der Waals surface area contributed by atoms with Gasteiger partial charge in [0.15, 0.2) is 5.75 Å². The number of phenols is 1. The highest BCUT2D eigenvalue weighted by Crippen LogP contribution is 2.34. The van der Waals surface area contributed by atoms with Crippen LogP contribution in [0.2, 0.25) is 10.0 Å². The van der Waals surface area contributed by atoms with Gasteiger partial charge in [0.05, 0.1) is 11.6 Å². The molecule has 1 unspecified atom stereocenters. The van der Waals surface area contributed by atoms with Crippen molar-refractivity contribution < 1.29 is 23.1 Å². The molecule has 0 bridgehead atoms. The van der Waals surface area contributed by atoms with Gasteiger partial charge in [-0.15, -0.1) is 0 Å². The van der Waals surface area contributed by atoms with Gasteiger partial charge in [0.2, 0.25) is 10.0 Å². The fourth-order valence-corrected chi connectivity index (χ4v) is 5.31. The zero-order valence-corrected chi connectivity index (χ0v) is 18.0. The smallest absolute Gasteiger partial charge is 0.325 e. The van der Waals surface area contributed by atoms with E-state index < -0.39 is 32.7 Å². The summed E-state index contributed by atoms with van der Waals surface area (Å²) in [7, 11) is -4.28. The quantitative estimate of drug-likeness (QED) is 0.548. The molecule has 0 amide bonds. The van der Waals surface area contributed by atoms with Crippen molar-refractivity contribution in [3.8, 4) is 5.75 Å². The number of ether oxygens (including phenoxy) is 1. The molecule has 0 aliphatic rings. The highest BCUT2D eigenvalue weighted by molar-refractivity contribution is 7.98. The Morgan fingerprint density at radius 2 is 1.93 bits per heavy atom. The average molecular weight is 464 g/mol. The van der Waals surface area contributed by atoms with E-state index in [4.69, 9.17) is 27.9 Å². The summed E-state index contributed by atoms with van der Waals surface area (Å²) in [6.07, 6.45) is 0. The number of esters is 1. The van der Waals surface area contributed by atoms with Crippen LogP contribution in [-0.4, -0.2) is 37.9 Å². The number of thioether (sulfide) groups is 1. The number of carbonyl (C=O) groups excluding carboxylic acids is 1. The summed E-state index contributed by atoms with van der Waals surface area (Å²) in [6, 6.07) is 10.7. The van der Waals surface area contributed by atoms with E-state index in [1.54, 1.807) is 6.92 Å². The van der Waals surface area contributed by atoms with Crippen molar-refractivity contribution in [1.82, 2.24) is 4.72 Å². The highest BCUT2D eigenvalue weighted by Gasteiger charge is 2.29. The summed E-state index contributed by atoms with van der Waals surface area (Å²) >= 11 is 13.0. The lowest BCUT2D eigenvalue weighted by atomic mass is 10.2. The van der Waals surface area contributed by atoms with E-state index in [9.17, 15) is 18.3 Å². The first kappa shape index (κ1) is 22.8. The third-order valence-corrected chi connectivity index (χ3v) is 6.65. The van der Waals surface area contributed by atoms with E-state index in [1.807, 2.05) is 30.3 Å². The largest absolute Gasteiger partial charge is 0.505 e. The number of hydrogen-bond acceptors (Lipinski definition) is 6. The Labute approximate surface area is 178 Å². The summed E-state index contributed by atoms with van der Waals surface area (Å²) < 4.78 is 32.7. The Bertz CT molecular complexity index is 923. The molecule has 2 aromatic carbocycles. The summed E-state index contributed by atoms with van der Waals surface area (Å²) in [4.78, 5) is 11.7. The molecule has 2 aromatic rings. The maximum Gasteiger partial charge on any atom is 0.325 e. The molecule has 0 fully saturated rings. The fraction of sp³-hybridized carbons (Fsp3) is 0.278. The van der Waals surface area contributed by atoms with E-state index in [2.05, 4.69) is 4.72 Å². The lowest BCUT2D eigenvalue weighted by molar-refractivity contribution is -0.144. The zero-order valence-electron chi connectivity index (χ0n) is 14.9. The van der Waals surface area contributed by atoms with Gasteiger partial charge in [0.1, 0.15) is 10.9 Å². The molecule has 0 aromatic heterocycles. The first-order valence-electron chi connectivity index (χ1n) is 8.23. The fourth-order valence-electron chi connectivity index (χ4n) is 2.26. The van der Waals surface area contributed by atoms with Crippen LogP contribution in [0.1, 0.15) is 12.5 Å². The van der Waals surface area contributed by atoms with Gasteiger partial charge < -0.3 is 9.84 Å². The molecule has 2 N–H and O–H groups in total. The second-order valence-electron chi connectivity index (χ2n) is 5.66. The lowest BCUT2D eigenvalue weighted by Crippen LogP contribution is -2.43. The second kappa shape index (κ2) is 10.4. The minimum atomic E-state index is -4.28. The van der Waals surface area contributed by atoms with Crippen molar-refractivity contribution in [3.63, 3.8) is 0 Å². The van der Waals surface area contributed by atoms with Gasteiger partial charge in [-0.25, -0.2) is 8.42 Å². The van der Waals surface area contributed by atoms with Crippen LogP contribution < -0.4 is 4.72 Å². The normalized spacial score (nSPS) is 12.5. The van der Waals surface area contributed by atoms with E-state index in [0.717, 1.165) is 11.6 Å². The van der Waals surface area contributed by atoms with Gasteiger partial charge in [0, 0.05) is 16.5 Å². The number of nitrogens with one attached hydrogen (secondary N) is 1. The number of halogens is 2. The topological polar surface area (TPSA) is 92.7 Å². The lowest BCUT2D eigenvalue weighted by Gasteiger charge is -2.18. The molecular weight excluding hydrogens is 445 g/mol. The van der Waals surface area contributed by atoms with Crippen LogP contribution in [0.25, 0.3) is 0 Å². The van der Waals surface area contributed by atoms with Gasteiger partial charge in [-0.1, -0.05) is 53.5 Å². The minimum absolute atomic E-state index is 0.0364. The van der Waals surface area contributed by atoms with E-state index >= 15 is 0 Å². The first-order valence-corrected chi connectivity index (χ1v) is 11.6. The van der Waals surface area contributed by atoms with Crippen LogP contribution in [0.5, 0.6) is 5.75 Å². The monoisotopic (exact) mass is 463 g/mol. The molecule has 6 nitrogen and oxygen atoms in total. The molecule has 10 heteroatoms. The van der Waals surface area contributed by atoms with Crippen LogP contribution >= 0.6 is 35.0 Å². The number of rotatable bonds is 9. The average Bonchev–Trinajstić information content (AvgIpc) is 2.64. The molecule has 152 valence electrons. The molecule has 0 saturated carbocycles. The third-order valence-electron chi connectivity index (χ3n) is 3.55. The Balaban J connectivity index is 2.18. The number of sulfonamides is 1. The van der Waals surface area contributed by atoms with E-state index in [-0.39, 0.29) is 22.4 Å². The predicted molar refractivity (Wildman–Crippen MR) is 111 cm³/mol. The van der Waals surface area contributed by atoms with Crippen LogP contribution in [-0.2, 0) is 25.3 Å². The number of hydrogen-bond donors (Lipinski definition) is 2. The van der Waals surface area contributed by atoms with Gasteiger partial charge in [-0.05, 0) is 24.6 Å². The number of aromatic hydroxyl groups is 1. The summed E-state index contributed by atoms with van der Waals surface area (Å²) in [5.41, 5.74) is 1.04. The van der Waals surface area contributed by atoms with Crippen molar-refractivity contribution >= 4 is 51.0 Å². The van der Waals surface area contributed by atoms with E-state index in [1.165, 1.54) is 17.8 Å². The zero-order chi connectivity index (χ0) is 20.7. The molecule has 28 heavy (non-hydrogen) atoms. The molecule has 0 saturated heterocycles. The van der Waals surface area contributed by atoms with Crippen molar-refractivity contribution in [3.05, 3.63) is 58.1 Å². The summed E-state index contributed by atoms with van der Waals surface area (Å²) in [5.74, 6) is -0.619. The first-order chi connectivity index (χ1) is 13.2. The second-order valence-corrected chi connectivity index (χ2v) is 9.22. The molecular formula is C18H19Cl2NO5S2. The van der Waals surface area contributed by atoms with Crippen molar-refractivity contribution in [2.24, 2.45) is 0 Å². The summed E-state index contributed by atoms with van der Waals surface area (Å²) in [6.45, 7) is 1.73. The predicted octanol–water partition coefficient (Wildman–Crippen LogP) is 3.84. The highest BCUT2D eigenvalue weighted by atomic mass is 35.5. The van der Waals surface area contributed by atoms with Crippen molar-refractivity contribution in [2.75, 3.05) is 12.4 Å². The molecule has 2 rings (SSSR count). The molecule has 0 spiro atoms. The molecule has 0 heterocycles. The van der Waals surface area contributed by atoms with Crippen LogP contribution in [0.3, 0.4) is 0 Å². The third kappa shape index (κ3) is 6.28. The molecule has 0 radical (unpaired) electrons. The molecule has 1 atom stereocenters. The summed E-state index contributed by atoms with van der Waals surface area (Å²) in [5, 5.41) is 9.83. The Morgan fingerprint density at radius 3 is 2.57 bits per heavy atom. The Morgan fingerprint density at radius 1 is 1.25 bits per heavy atom. The number of carbonyl (C=O) groups is 1.